The topological polar surface area (TPSA) is 89.4 Å². The highest BCUT2D eigenvalue weighted by Crippen LogP contribution is 2.19. The molecule has 1 saturated heterocycles. The van der Waals surface area contributed by atoms with Crippen LogP contribution in [0.5, 0.6) is 0 Å². The Balaban J connectivity index is 2.77. The molecule has 1 aliphatic rings. The second-order valence-electron chi connectivity index (χ2n) is 4.28. The van der Waals surface area contributed by atoms with Gasteiger partial charge in [-0.2, -0.15) is 0 Å². The molecule has 1 aliphatic heterocycles. The molecule has 5 nitrogen and oxygen atoms in total. The van der Waals surface area contributed by atoms with Crippen molar-refractivity contribution >= 4 is 11.8 Å². The van der Waals surface area contributed by atoms with Crippen LogP contribution in [0.2, 0.25) is 0 Å². The molecule has 0 aliphatic carbocycles. The number of likely N-dealkylation sites (tertiary alicyclic amines) is 1. The van der Waals surface area contributed by atoms with Crippen LogP contribution in [0.1, 0.15) is 26.7 Å². The van der Waals surface area contributed by atoms with Crippen molar-refractivity contribution < 1.29 is 9.59 Å². The SMILES string of the molecule is CC(C)(N)C(=O)N1CCCC1C(N)=O. The zero-order chi connectivity index (χ0) is 10.9. The lowest BCUT2D eigenvalue weighted by atomic mass is 10.0. The van der Waals surface area contributed by atoms with Crippen LogP contribution < -0.4 is 11.5 Å². The summed E-state index contributed by atoms with van der Waals surface area (Å²) in [6, 6.07) is -0.467. The average molecular weight is 199 g/mol. The first-order valence-corrected chi connectivity index (χ1v) is 4.73. The van der Waals surface area contributed by atoms with Crippen LogP contribution in [-0.2, 0) is 9.59 Å². The predicted octanol–water partition coefficient (Wildman–Crippen LogP) is -0.800. The summed E-state index contributed by atoms with van der Waals surface area (Å²) in [5, 5.41) is 0. The summed E-state index contributed by atoms with van der Waals surface area (Å²) in [5.41, 5.74) is 9.94. The number of carbonyl (C=O) groups excluding carboxylic acids is 2. The molecule has 1 fully saturated rings. The van der Waals surface area contributed by atoms with Gasteiger partial charge in [0.1, 0.15) is 6.04 Å². The minimum absolute atomic E-state index is 0.209. The Bertz CT molecular complexity index is 257. The van der Waals surface area contributed by atoms with E-state index in [4.69, 9.17) is 11.5 Å². The van der Waals surface area contributed by atoms with Gasteiger partial charge in [0.05, 0.1) is 5.54 Å². The number of nitrogens with zero attached hydrogens (tertiary/aromatic N) is 1. The van der Waals surface area contributed by atoms with E-state index in [2.05, 4.69) is 0 Å². The van der Waals surface area contributed by atoms with Crippen molar-refractivity contribution in [3.05, 3.63) is 0 Å². The molecule has 1 rings (SSSR count). The number of rotatable bonds is 2. The fourth-order valence-electron chi connectivity index (χ4n) is 1.68. The molecule has 14 heavy (non-hydrogen) atoms. The summed E-state index contributed by atoms with van der Waals surface area (Å²) >= 11 is 0. The van der Waals surface area contributed by atoms with Crippen molar-refractivity contribution in [3.63, 3.8) is 0 Å². The molecule has 80 valence electrons. The lowest BCUT2D eigenvalue weighted by Gasteiger charge is -2.29. The minimum Gasteiger partial charge on any atom is -0.368 e. The second-order valence-corrected chi connectivity index (χ2v) is 4.28. The quantitative estimate of drug-likeness (QED) is 0.610. The summed E-state index contributed by atoms with van der Waals surface area (Å²) in [6.07, 6.45) is 1.46. The third kappa shape index (κ3) is 2.04. The van der Waals surface area contributed by atoms with Gasteiger partial charge >= 0.3 is 0 Å². The zero-order valence-corrected chi connectivity index (χ0v) is 8.62. The number of primary amides is 1. The van der Waals surface area contributed by atoms with Crippen molar-refractivity contribution in [2.24, 2.45) is 11.5 Å². The molecule has 0 bridgehead atoms. The number of hydrogen-bond acceptors (Lipinski definition) is 3. The molecule has 0 radical (unpaired) electrons. The smallest absolute Gasteiger partial charge is 0.242 e. The second kappa shape index (κ2) is 3.57. The van der Waals surface area contributed by atoms with Crippen molar-refractivity contribution in [1.29, 1.82) is 0 Å². The van der Waals surface area contributed by atoms with Gasteiger partial charge in [-0.3, -0.25) is 9.59 Å². The summed E-state index contributed by atoms with van der Waals surface area (Å²) in [4.78, 5) is 24.3. The summed E-state index contributed by atoms with van der Waals surface area (Å²) in [5.74, 6) is -0.654. The Morgan fingerprint density at radius 3 is 2.43 bits per heavy atom. The van der Waals surface area contributed by atoms with E-state index in [1.54, 1.807) is 13.8 Å². The Labute approximate surface area is 83.4 Å². The maximum Gasteiger partial charge on any atom is 0.242 e. The fourth-order valence-corrected chi connectivity index (χ4v) is 1.68. The van der Waals surface area contributed by atoms with Crippen LogP contribution in [0.3, 0.4) is 0 Å². The van der Waals surface area contributed by atoms with Gasteiger partial charge < -0.3 is 16.4 Å². The van der Waals surface area contributed by atoms with E-state index in [1.165, 1.54) is 4.90 Å². The third-order valence-electron chi connectivity index (χ3n) is 2.39. The van der Waals surface area contributed by atoms with Crippen LogP contribution in [0.25, 0.3) is 0 Å². The number of amides is 2. The van der Waals surface area contributed by atoms with Gasteiger partial charge in [-0.1, -0.05) is 0 Å². The van der Waals surface area contributed by atoms with Crippen molar-refractivity contribution in [3.8, 4) is 0 Å². The molecule has 0 saturated carbocycles. The van der Waals surface area contributed by atoms with Gasteiger partial charge in [0, 0.05) is 6.54 Å². The monoisotopic (exact) mass is 199 g/mol. The fraction of sp³-hybridized carbons (Fsp3) is 0.778. The normalized spacial score (nSPS) is 22.5. The van der Waals surface area contributed by atoms with Gasteiger partial charge in [-0.15, -0.1) is 0 Å². The van der Waals surface area contributed by atoms with E-state index in [0.29, 0.717) is 13.0 Å². The van der Waals surface area contributed by atoms with E-state index >= 15 is 0 Å². The molecule has 1 heterocycles. The predicted molar refractivity (Wildman–Crippen MR) is 52.2 cm³/mol. The Hall–Kier alpha value is -1.10. The first kappa shape index (κ1) is 11.0. The Morgan fingerprint density at radius 2 is 2.00 bits per heavy atom. The molecule has 1 unspecified atom stereocenters. The van der Waals surface area contributed by atoms with Crippen LogP contribution in [0.15, 0.2) is 0 Å². The molecule has 0 aromatic rings. The minimum atomic E-state index is -0.933. The first-order valence-electron chi connectivity index (χ1n) is 4.73. The molecule has 0 aromatic heterocycles. The lowest BCUT2D eigenvalue weighted by molar-refractivity contribution is -0.140. The van der Waals surface area contributed by atoms with Gasteiger partial charge in [0.25, 0.3) is 0 Å². The summed E-state index contributed by atoms with van der Waals surface area (Å²) in [6.45, 7) is 3.84. The third-order valence-corrected chi connectivity index (χ3v) is 2.39. The molecule has 1 atom stereocenters. The van der Waals surface area contributed by atoms with Crippen molar-refractivity contribution in [2.75, 3.05) is 6.54 Å². The molecule has 2 amide bonds. The van der Waals surface area contributed by atoms with Gasteiger partial charge in [-0.25, -0.2) is 0 Å². The maximum atomic E-state index is 11.8. The van der Waals surface area contributed by atoms with E-state index in [0.717, 1.165) is 6.42 Å². The van der Waals surface area contributed by atoms with Crippen molar-refractivity contribution in [1.82, 2.24) is 4.90 Å². The van der Waals surface area contributed by atoms with Crippen LogP contribution in [-0.4, -0.2) is 34.8 Å². The first-order chi connectivity index (χ1) is 6.34. The highest BCUT2D eigenvalue weighted by atomic mass is 16.2. The Kier molecular flexibility index (Phi) is 2.80. The lowest BCUT2D eigenvalue weighted by Crippen LogP contribution is -2.55. The van der Waals surface area contributed by atoms with Gasteiger partial charge in [-0.05, 0) is 26.7 Å². The highest BCUT2D eigenvalue weighted by Gasteiger charge is 2.37. The molecule has 5 heteroatoms. The van der Waals surface area contributed by atoms with Gasteiger partial charge in [0.2, 0.25) is 11.8 Å². The van der Waals surface area contributed by atoms with Crippen LogP contribution in [0.4, 0.5) is 0 Å². The summed E-state index contributed by atoms with van der Waals surface area (Å²) < 4.78 is 0. The molecule has 0 spiro atoms. The number of hydrogen-bond donors (Lipinski definition) is 2. The highest BCUT2D eigenvalue weighted by molar-refractivity contribution is 5.91. The van der Waals surface area contributed by atoms with E-state index in [9.17, 15) is 9.59 Å². The molecule has 4 N–H and O–H groups in total. The van der Waals surface area contributed by atoms with Crippen LogP contribution in [0, 0.1) is 0 Å². The van der Waals surface area contributed by atoms with E-state index < -0.39 is 17.5 Å². The van der Waals surface area contributed by atoms with Gasteiger partial charge in [0.15, 0.2) is 0 Å². The maximum absolute atomic E-state index is 11.8. The summed E-state index contributed by atoms with van der Waals surface area (Å²) in [7, 11) is 0. The largest absolute Gasteiger partial charge is 0.368 e. The Morgan fingerprint density at radius 1 is 1.43 bits per heavy atom. The van der Waals surface area contributed by atoms with Crippen LogP contribution >= 0.6 is 0 Å². The van der Waals surface area contributed by atoms with Crippen molar-refractivity contribution in [2.45, 2.75) is 38.3 Å². The molecular weight excluding hydrogens is 182 g/mol. The number of nitrogens with two attached hydrogens (primary N) is 2. The standard InChI is InChI=1S/C9H17N3O2/c1-9(2,11)8(14)12-5-3-4-6(12)7(10)13/h6H,3-5,11H2,1-2H3,(H2,10,13). The van der Waals surface area contributed by atoms with E-state index in [-0.39, 0.29) is 5.91 Å². The molecule has 0 aromatic carbocycles. The molecular formula is C9H17N3O2. The number of carbonyl (C=O) groups is 2. The zero-order valence-electron chi connectivity index (χ0n) is 8.62. The van der Waals surface area contributed by atoms with E-state index in [1.807, 2.05) is 0 Å². The average Bonchev–Trinajstić information content (AvgIpc) is 2.48.